The number of methoxy groups -OCH3 is 1. The lowest BCUT2D eigenvalue weighted by Gasteiger charge is -2.12. The van der Waals surface area contributed by atoms with Crippen molar-refractivity contribution < 1.29 is 4.74 Å². The summed E-state index contributed by atoms with van der Waals surface area (Å²) in [7, 11) is 1.72. The van der Waals surface area contributed by atoms with Crippen LogP contribution < -0.4 is 4.74 Å². The summed E-state index contributed by atoms with van der Waals surface area (Å²) in [5.74, 6) is 1.81. The van der Waals surface area contributed by atoms with E-state index in [0.717, 1.165) is 22.5 Å². The lowest BCUT2D eigenvalue weighted by atomic mass is 10.2. The second kappa shape index (κ2) is 7.75. The molecule has 0 N–H and O–H groups in total. The topological polar surface area (TPSA) is 14.2 Å². The summed E-state index contributed by atoms with van der Waals surface area (Å²) in [5.41, 5.74) is 2.53. The van der Waals surface area contributed by atoms with Gasteiger partial charge in [0.1, 0.15) is 5.75 Å². The number of halogens is 1. The first-order chi connectivity index (χ1) is 11.3. The van der Waals surface area contributed by atoms with Gasteiger partial charge in [-0.1, -0.05) is 34.1 Å². The van der Waals surface area contributed by atoms with Crippen LogP contribution in [0.4, 0.5) is 0 Å². The van der Waals surface area contributed by atoms with E-state index >= 15 is 0 Å². The average Bonchev–Trinajstić information content (AvgIpc) is 3.07. The Balaban J connectivity index is 1.77. The quantitative estimate of drug-likeness (QED) is 0.511. The highest BCUT2D eigenvalue weighted by Gasteiger charge is 2.07. The molecule has 0 saturated heterocycles. The van der Waals surface area contributed by atoms with E-state index in [9.17, 15) is 0 Å². The fourth-order valence-corrected chi connectivity index (χ4v) is 3.90. The molecule has 2 nitrogen and oxygen atoms in total. The molecule has 0 aliphatic carbocycles. The first kappa shape index (κ1) is 16.2. The molecule has 0 aliphatic rings. The predicted molar refractivity (Wildman–Crippen MR) is 100 cm³/mol. The first-order valence-electron chi connectivity index (χ1n) is 7.40. The molecule has 0 saturated carbocycles. The Morgan fingerprint density at radius 2 is 1.78 bits per heavy atom. The van der Waals surface area contributed by atoms with Crippen molar-refractivity contribution in [2.45, 2.75) is 17.2 Å². The Bertz CT molecular complexity index is 771. The van der Waals surface area contributed by atoms with Crippen molar-refractivity contribution in [3.05, 3.63) is 82.6 Å². The minimum atomic E-state index is 0.880. The largest absolute Gasteiger partial charge is 0.496 e. The first-order valence-corrected chi connectivity index (χ1v) is 9.18. The van der Waals surface area contributed by atoms with Gasteiger partial charge in [0.25, 0.3) is 0 Å². The smallest absolute Gasteiger partial charge is 0.122 e. The number of aromatic nitrogens is 1. The Labute approximate surface area is 149 Å². The van der Waals surface area contributed by atoms with E-state index in [1.165, 1.54) is 16.0 Å². The molecule has 1 aromatic heterocycles. The van der Waals surface area contributed by atoms with Gasteiger partial charge < -0.3 is 9.30 Å². The minimum absolute atomic E-state index is 0.880. The summed E-state index contributed by atoms with van der Waals surface area (Å²) >= 11 is 5.38. The molecular formula is C19H18BrNOS. The van der Waals surface area contributed by atoms with Gasteiger partial charge in [0.05, 0.1) is 7.11 Å². The van der Waals surface area contributed by atoms with E-state index in [-0.39, 0.29) is 0 Å². The standard InChI is InChI=1S/C19H18BrNOS/c1-22-18-9-8-17(20)12-16(18)14-23-19-7-3-2-6-15(19)13-21-10-4-5-11-21/h2-12H,13-14H2,1H3. The third-order valence-corrected chi connectivity index (χ3v) is 5.28. The Morgan fingerprint density at radius 3 is 2.57 bits per heavy atom. The van der Waals surface area contributed by atoms with Crippen LogP contribution in [-0.4, -0.2) is 11.7 Å². The van der Waals surface area contributed by atoms with Gasteiger partial charge in [0.15, 0.2) is 0 Å². The van der Waals surface area contributed by atoms with Gasteiger partial charge in [-0.25, -0.2) is 0 Å². The molecule has 0 fully saturated rings. The lowest BCUT2D eigenvalue weighted by molar-refractivity contribution is 0.411. The summed E-state index contributed by atoms with van der Waals surface area (Å²) < 4.78 is 8.74. The molecule has 0 spiro atoms. The molecular weight excluding hydrogens is 370 g/mol. The fourth-order valence-electron chi connectivity index (χ4n) is 2.46. The van der Waals surface area contributed by atoms with Crippen LogP contribution >= 0.6 is 27.7 Å². The van der Waals surface area contributed by atoms with Crippen LogP contribution in [0, 0.1) is 0 Å². The Kier molecular flexibility index (Phi) is 5.47. The van der Waals surface area contributed by atoms with Crippen LogP contribution in [0.25, 0.3) is 0 Å². The van der Waals surface area contributed by atoms with E-state index < -0.39 is 0 Å². The van der Waals surface area contributed by atoms with Crippen molar-refractivity contribution in [2.24, 2.45) is 0 Å². The molecule has 1 heterocycles. The third kappa shape index (κ3) is 4.21. The van der Waals surface area contributed by atoms with E-state index in [4.69, 9.17) is 4.74 Å². The van der Waals surface area contributed by atoms with Crippen molar-refractivity contribution in [1.29, 1.82) is 0 Å². The number of rotatable bonds is 6. The number of ether oxygens (including phenoxy) is 1. The van der Waals surface area contributed by atoms with E-state index in [2.05, 4.69) is 75.4 Å². The summed E-state index contributed by atoms with van der Waals surface area (Å²) in [6.45, 7) is 0.895. The van der Waals surface area contributed by atoms with Gasteiger partial charge in [-0.05, 0) is 42.0 Å². The van der Waals surface area contributed by atoms with Crippen LogP contribution in [0.3, 0.4) is 0 Å². The molecule has 3 rings (SSSR count). The van der Waals surface area contributed by atoms with Gasteiger partial charge in [-0.2, -0.15) is 0 Å². The van der Waals surface area contributed by atoms with Gasteiger partial charge in [0, 0.05) is 39.6 Å². The molecule has 3 aromatic rings. The van der Waals surface area contributed by atoms with Crippen LogP contribution in [0.1, 0.15) is 11.1 Å². The second-order valence-corrected chi connectivity index (χ2v) is 7.14. The molecule has 118 valence electrons. The van der Waals surface area contributed by atoms with Crippen molar-refractivity contribution in [2.75, 3.05) is 7.11 Å². The van der Waals surface area contributed by atoms with Crippen molar-refractivity contribution in [3.8, 4) is 5.75 Å². The maximum absolute atomic E-state index is 5.47. The molecule has 0 bridgehead atoms. The SMILES string of the molecule is COc1ccc(Br)cc1CSc1ccccc1Cn1cccc1. The van der Waals surface area contributed by atoms with E-state index in [1.54, 1.807) is 7.11 Å². The van der Waals surface area contributed by atoms with Crippen molar-refractivity contribution in [1.82, 2.24) is 4.57 Å². The second-order valence-electron chi connectivity index (χ2n) is 5.21. The maximum Gasteiger partial charge on any atom is 0.122 e. The van der Waals surface area contributed by atoms with Gasteiger partial charge in [0.2, 0.25) is 0 Å². The zero-order valence-electron chi connectivity index (χ0n) is 12.9. The van der Waals surface area contributed by atoms with E-state index in [0.29, 0.717) is 0 Å². The summed E-state index contributed by atoms with van der Waals surface area (Å²) in [6, 6.07) is 18.8. The highest BCUT2D eigenvalue weighted by Crippen LogP contribution is 2.32. The molecule has 4 heteroatoms. The molecule has 23 heavy (non-hydrogen) atoms. The molecule has 0 unspecified atom stereocenters. The molecule has 0 aliphatic heterocycles. The maximum atomic E-state index is 5.47. The van der Waals surface area contributed by atoms with Crippen molar-refractivity contribution in [3.63, 3.8) is 0 Å². The summed E-state index contributed by atoms with van der Waals surface area (Å²) in [4.78, 5) is 1.31. The highest BCUT2D eigenvalue weighted by atomic mass is 79.9. The van der Waals surface area contributed by atoms with E-state index in [1.807, 2.05) is 23.9 Å². The molecule has 0 atom stereocenters. The molecule has 2 aromatic carbocycles. The number of hydrogen-bond acceptors (Lipinski definition) is 2. The molecule has 0 amide bonds. The normalized spacial score (nSPS) is 10.7. The zero-order valence-corrected chi connectivity index (χ0v) is 15.3. The summed E-state index contributed by atoms with van der Waals surface area (Å²) in [5, 5.41) is 0. The third-order valence-electron chi connectivity index (χ3n) is 3.62. The zero-order chi connectivity index (χ0) is 16.1. The Hall–Kier alpha value is -1.65. The van der Waals surface area contributed by atoms with Crippen LogP contribution in [0.2, 0.25) is 0 Å². The number of benzene rings is 2. The monoisotopic (exact) mass is 387 g/mol. The van der Waals surface area contributed by atoms with Gasteiger partial charge in [-0.15, -0.1) is 11.8 Å². The predicted octanol–water partition coefficient (Wildman–Crippen LogP) is 5.60. The van der Waals surface area contributed by atoms with Gasteiger partial charge >= 0.3 is 0 Å². The molecule has 0 radical (unpaired) electrons. The number of thioether (sulfide) groups is 1. The van der Waals surface area contributed by atoms with Crippen LogP contribution in [-0.2, 0) is 12.3 Å². The van der Waals surface area contributed by atoms with Gasteiger partial charge in [-0.3, -0.25) is 0 Å². The number of hydrogen-bond donors (Lipinski definition) is 0. The van der Waals surface area contributed by atoms with Crippen LogP contribution in [0.15, 0.2) is 76.4 Å². The minimum Gasteiger partial charge on any atom is -0.496 e. The highest BCUT2D eigenvalue weighted by molar-refractivity contribution is 9.10. The van der Waals surface area contributed by atoms with Crippen LogP contribution in [0.5, 0.6) is 5.75 Å². The van der Waals surface area contributed by atoms with Crippen molar-refractivity contribution >= 4 is 27.7 Å². The average molecular weight is 388 g/mol. The fraction of sp³-hybridized carbons (Fsp3) is 0.158. The number of nitrogens with zero attached hydrogens (tertiary/aromatic N) is 1. The Morgan fingerprint density at radius 1 is 1.00 bits per heavy atom. The lowest BCUT2D eigenvalue weighted by Crippen LogP contribution is -1.98. The summed E-state index contributed by atoms with van der Waals surface area (Å²) in [6.07, 6.45) is 4.19.